The van der Waals surface area contributed by atoms with E-state index in [1.165, 1.54) is 22.4 Å². The summed E-state index contributed by atoms with van der Waals surface area (Å²) in [7, 11) is 2.04. The van der Waals surface area contributed by atoms with Crippen LogP contribution in [0.2, 0.25) is 0 Å². The van der Waals surface area contributed by atoms with Crippen LogP contribution in [-0.2, 0) is 13.6 Å². The third kappa shape index (κ3) is 2.45. The fraction of sp³-hybridized carbons (Fsp3) is 0.286. The van der Waals surface area contributed by atoms with Crippen molar-refractivity contribution in [2.24, 2.45) is 7.05 Å². The predicted molar refractivity (Wildman–Crippen MR) is 68.7 cm³/mol. The monoisotopic (exact) mass is 214 g/mol. The van der Waals surface area contributed by atoms with Crippen LogP contribution >= 0.6 is 0 Å². The summed E-state index contributed by atoms with van der Waals surface area (Å²) in [5.41, 5.74) is 5.12. The van der Waals surface area contributed by atoms with E-state index in [0.717, 1.165) is 6.54 Å². The summed E-state index contributed by atoms with van der Waals surface area (Å²) in [6.07, 6.45) is 4.21. The van der Waals surface area contributed by atoms with Crippen LogP contribution in [0.5, 0.6) is 0 Å². The zero-order valence-corrected chi connectivity index (χ0v) is 10.1. The van der Waals surface area contributed by atoms with E-state index in [9.17, 15) is 0 Å². The van der Waals surface area contributed by atoms with Gasteiger partial charge in [0.05, 0.1) is 0 Å². The van der Waals surface area contributed by atoms with Crippen LogP contribution < -0.4 is 5.32 Å². The van der Waals surface area contributed by atoms with Crippen LogP contribution in [-0.4, -0.2) is 4.57 Å². The average Bonchev–Trinajstić information content (AvgIpc) is 2.66. The maximum Gasteiger partial charge on any atom is 0.0415 e. The molecule has 1 aromatic heterocycles. The van der Waals surface area contributed by atoms with Gasteiger partial charge in [-0.3, -0.25) is 0 Å². The molecule has 0 aliphatic rings. The molecule has 0 radical (unpaired) electrons. The van der Waals surface area contributed by atoms with Gasteiger partial charge in [0, 0.05) is 31.7 Å². The second kappa shape index (κ2) is 4.44. The molecule has 0 atom stereocenters. The third-order valence-electron chi connectivity index (χ3n) is 2.77. The molecule has 0 amide bonds. The minimum Gasteiger partial charge on any atom is -0.381 e. The molecule has 0 bridgehead atoms. The van der Waals surface area contributed by atoms with Crippen molar-refractivity contribution < 1.29 is 0 Å². The number of benzene rings is 1. The van der Waals surface area contributed by atoms with Crippen LogP contribution in [0.4, 0.5) is 5.69 Å². The van der Waals surface area contributed by atoms with Crippen molar-refractivity contribution in [3.63, 3.8) is 0 Å². The first kappa shape index (κ1) is 10.8. The topological polar surface area (TPSA) is 17.0 Å². The lowest BCUT2D eigenvalue weighted by Gasteiger charge is -2.09. The zero-order chi connectivity index (χ0) is 11.5. The smallest absolute Gasteiger partial charge is 0.0415 e. The van der Waals surface area contributed by atoms with Crippen LogP contribution in [0.3, 0.4) is 0 Å². The SMILES string of the molecule is Cc1ccc(C)c(NCc2ccn(C)c2)c1. The Labute approximate surface area is 96.9 Å². The van der Waals surface area contributed by atoms with Crippen LogP contribution in [0.15, 0.2) is 36.7 Å². The van der Waals surface area contributed by atoms with Crippen molar-refractivity contribution in [3.05, 3.63) is 53.3 Å². The molecule has 84 valence electrons. The van der Waals surface area contributed by atoms with Gasteiger partial charge in [0.15, 0.2) is 0 Å². The van der Waals surface area contributed by atoms with Crippen molar-refractivity contribution in [2.45, 2.75) is 20.4 Å². The van der Waals surface area contributed by atoms with Gasteiger partial charge in [-0.05, 0) is 42.7 Å². The highest BCUT2D eigenvalue weighted by Gasteiger charge is 1.99. The minimum atomic E-state index is 0.880. The van der Waals surface area contributed by atoms with Gasteiger partial charge in [0.2, 0.25) is 0 Å². The number of hydrogen-bond donors (Lipinski definition) is 1. The first-order valence-corrected chi connectivity index (χ1v) is 5.57. The molecular weight excluding hydrogens is 196 g/mol. The van der Waals surface area contributed by atoms with Crippen molar-refractivity contribution in [3.8, 4) is 0 Å². The molecule has 2 rings (SSSR count). The molecule has 0 saturated heterocycles. The second-order valence-corrected chi connectivity index (χ2v) is 4.36. The van der Waals surface area contributed by atoms with E-state index < -0.39 is 0 Å². The standard InChI is InChI=1S/C14H18N2/c1-11-4-5-12(2)14(8-11)15-9-13-6-7-16(3)10-13/h4-8,10,15H,9H2,1-3H3. The minimum absolute atomic E-state index is 0.880. The van der Waals surface area contributed by atoms with E-state index in [-0.39, 0.29) is 0 Å². The lowest BCUT2D eigenvalue weighted by molar-refractivity contribution is 0.920. The Morgan fingerprint density at radius 1 is 1.19 bits per heavy atom. The zero-order valence-electron chi connectivity index (χ0n) is 10.1. The van der Waals surface area contributed by atoms with Gasteiger partial charge < -0.3 is 9.88 Å². The largest absolute Gasteiger partial charge is 0.381 e. The first-order valence-electron chi connectivity index (χ1n) is 5.57. The fourth-order valence-electron chi connectivity index (χ4n) is 1.79. The van der Waals surface area contributed by atoms with Gasteiger partial charge in [-0.2, -0.15) is 0 Å². The van der Waals surface area contributed by atoms with Gasteiger partial charge in [0.1, 0.15) is 0 Å². The maximum atomic E-state index is 3.47. The van der Waals surface area contributed by atoms with Crippen LogP contribution in [0.25, 0.3) is 0 Å². The number of aromatic nitrogens is 1. The second-order valence-electron chi connectivity index (χ2n) is 4.36. The molecule has 2 nitrogen and oxygen atoms in total. The Hall–Kier alpha value is -1.70. The first-order chi connectivity index (χ1) is 7.65. The van der Waals surface area contributed by atoms with Gasteiger partial charge in [-0.1, -0.05) is 12.1 Å². The quantitative estimate of drug-likeness (QED) is 0.830. The lowest BCUT2D eigenvalue weighted by Crippen LogP contribution is -2.00. The summed E-state index contributed by atoms with van der Waals surface area (Å²) in [6.45, 7) is 5.13. The van der Waals surface area contributed by atoms with Gasteiger partial charge >= 0.3 is 0 Å². The molecule has 2 aromatic rings. The summed E-state index contributed by atoms with van der Waals surface area (Å²) in [5.74, 6) is 0. The Morgan fingerprint density at radius 3 is 2.69 bits per heavy atom. The molecule has 0 fully saturated rings. The van der Waals surface area contributed by atoms with Crippen molar-refractivity contribution in [1.29, 1.82) is 0 Å². The molecule has 0 saturated carbocycles. The molecule has 0 aliphatic carbocycles. The number of rotatable bonds is 3. The normalized spacial score (nSPS) is 10.4. The molecule has 1 N–H and O–H groups in total. The summed E-state index contributed by atoms with van der Waals surface area (Å²) >= 11 is 0. The number of nitrogens with zero attached hydrogens (tertiary/aromatic N) is 1. The van der Waals surface area contributed by atoms with E-state index in [4.69, 9.17) is 0 Å². The average molecular weight is 214 g/mol. The van der Waals surface area contributed by atoms with Gasteiger partial charge in [-0.25, -0.2) is 0 Å². The number of nitrogens with one attached hydrogen (secondary N) is 1. The Bertz CT molecular complexity index is 483. The van der Waals surface area contributed by atoms with E-state index in [2.05, 4.69) is 60.4 Å². The Kier molecular flexibility index (Phi) is 3.00. The fourth-order valence-corrected chi connectivity index (χ4v) is 1.79. The third-order valence-corrected chi connectivity index (χ3v) is 2.77. The predicted octanol–water partition coefficient (Wildman–Crippen LogP) is 3.25. The highest BCUT2D eigenvalue weighted by Crippen LogP contribution is 2.17. The number of anilines is 1. The molecule has 0 aliphatic heterocycles. The number of hydrogen-bond acceptors (Lipinski definition) is 1. The summed E-state index contributed by atoms with van der Waals surface area (Å²) < 4.78 is 2.07. The van der Waals surface area contributed by atoms with Gasteiger partial charge in [-0.15, -0.1) is 0 Å². The van der Waals surface area contributed by atoms with Crippen molar-refractivity contribution in [1.82, 2.24) is 4.57 Å². The summed E-state index contributed by atoms with van der Waals surface area (Å²) in [5, 5.41) is 3.47. The number of aryl methyl sites for hydroxylation is 3. The van der Waals surface area contributed by atoms with E-state index in [1.54, 1.807) is 0 Å². The Balaban J connectivity index is 2.07. The molecule has 0 unspecified atom stereocenters. The molecular formula is C14H18N2. The molecule has 1 heterocycles. The van der Waals surface area contributed by atoms with Crippen LogP contribution in [0, 0.1) is 13.8 Å². The summed E-state index contributed by atoms with van der Waals surface area (Å²) in [6, 6.07) is 8.63. The summed E-state index contributed by atoms with van der Waals surface area (Å²) in [4.78, 5) is 0. The maximum absolute atomic E-state index is 3.47. The molecule has 0 spiro atoms. The molecule has 2 heteroatoms. The Morgan fingerprint density at radius 2 is 2.00 bits per heavy atom. The van der Waals surface area contributed by atoms with E-state index in [1.807, 2.05) is 7.05 Å². The van der Waals surface area contributed by atoms with Crippen LogP contribution in [0.1, 0.15) is 16.7 Å². The highest BCUT2D eigenvalue weighted by atomic mass is 14.9. The van der Waals surface area contributed by atoms with E-state index in [0.29, 0.717) is 0 Å². The molecule has 16 heavy (non-hydrogen) atoms. The lowest BCUT2D eigenvalue weighted by atomic mass is 10.1. The molecule has 1 aromatic carbocycles. The van der Waals surface area contributed by atoms with Gasteiger partial charge in [0.25, 0.3) is 0 Å². The van der Waals surface area contributed by atoms with E-state index >= 15 is 0 Å². The van der Waals surface area contributed by atoms with Crippen molar-refractivity contribution >= 4 is 5.69 Å². The highest BCUT2D eigenvalue weighted by molar-refractivity contribution is 5.52. The van der Waals surface area contributed by atoms with Crippen molar-refractivity contribution in [2.75, 3.05) is 5.32 Å².